The molecule has 2 aromatic rings. The summed E-state index contributed by atoms with van der Waals surface area (Å²) in [4.78, 5) is 35.9. The van der Waals surface area contributed by atoms with E-state index in [0.29, 0.717) is 31.9 Å². The molecule has 8 heteroatoms. The highest BCUT2D eigenvalue weighted by molar-refractivity contribution is 7.13. The molecule has 0 aromatic carbocycles. The van der Waals surface area contributed by atoms with Crippen LogP contribution in [0.2, 0.25) is 0 Å². The van der Waals surface area contributed by atoms with E-state index in [9.17, 15) is 9.59 Å². The quantitative estimate of drug-likeness (QED) is 0.789. The molecule has 2 aliphatic rings. The highest BCUT2D eigenvalue weighted by Gasteiger charge is 2.32. The summed E-state index contributed by atoms with van der Waals surface area (Å²) in [6, 6.07) is 3.51. The Labute approximate surface area is 168 Å². The van der Waals surface area contributed by atoms with E-state index in [1.807, 2.05) is 18.7 Å². The minimum atomic E-state index is -0.0905. The molecule has 2 amide bonds. The third-order valence-corrected chi connectivity index (χ3v) is 6.57. The Morgan fingerprint density at radius 1 is 1.04 bits per heavy atom. The van der Waals surface area contributed by atoms with Crippen LogP contribution in [0.5, 0.6) is 0 Å². The second-order valence-electron chi connectivity index (χ2n) is 7.56. The van der Waals surface area contributed by atoms with Crippen molar-refractivity contribution in [1.82, 2.24) is 14.8 Å². The summed E-state index contributed by atoms with van der Waals surface area (Å²) in [7, 11) is 0. The van der Waals surface area contributed by atoms with Crippen LogP contribution in [-0.2, 0) is 4.79 Å². The molecule has 2 saturated heterocycles. The van der Waals surface area contributed by atoms with Crippen molar-refractivity contribution in [3.63, 3.8) is 0 Å². The van der Waals surface area contributed by atoms with E-state index in [0.717, 1.165) is 42.5 Å². The molecule has 4 rings (SSSR count). The zero-order valence-corrected chi connectivity index (χ0v) is 17.2. The number of hydrogen-bond acceptors (Lipinski definition) is 6. The van der Waals surface area contributed by atoms with Crippen LogP contribution in [-0.4, -0.2) is 65.9 Å². The summed E-state index contributed by atoms with van der Waals surface area (Å²) in [6.45, 7) is 7.89. The number of amides is 2. The molecule has 0 bridgehead atoms. The molecule has 150 valence electrons. The predicted octanol–water partition coefficient (Wildman–Crippen LogP) is 2.55. The average Bonchev–Trinajstić information content (AvgIpc) is 3.35. The first-order chi connectivity index (χ1) is 13.5. The molecule has 2 fully saturated rings. The Morgan fingerprint density at radius 2 is 1.71 bits per heavy atom. The van der Waals surface area contributed by atoms with Gasteiger partial charge in [-0.3, -0.25) is 9.59 Å². The molecule has 0 unspecified atom stereocenters. The first-order valence-corrected chi connectivity index (χ1v) is 10.7. The topological polar surface area (TPSA) is 69.9 Å². The van der Waals surface area contributed by atoms with E-state index in [1.165, 1.54) is 0 Å². The van der Waals surface area contributed by atoms with Crippen LogP contribution in [0, 0.1) is 19.8 Å². The molecule has 2 aromatic heterocycles. The van der Waals surface area contributed by atoms with Gasteiger partial charge in [0.15, 0.2) is 10.9 Å². The monoisotopic (exact) mass is 402 g/mol. The number of thiazole rings is 1. The number of piperidine rings is 1. The molecule has 0 radical (unpaired) electrons. The maximum Gasteiger partial charge on any atom is 0.289 e. The fourth-order valence-corrected chi connectivity index (χ4v) is 4.75. The lowest BCUT2D eigenvalue weighted by Crippen LogP contribution is -2.53. The highest BCUT2D eigenvalue weighted by Crippen LogP contribution is 2.27. The van der Waals surface area contributed by atoms with Crippen molar-refractivity contribution < 1.29 is 14.0 Å². The van der Waals surface area contributed by atoms with Crippen molar-refractivity contribution in [2.24, 2.45) is 5.92 Å². The van der Waals surface area contributed by atoms with Crippen LogP contribution in [0.1, 0.15) is 34.9 Å². The van der Waals surface area contributed by atoms with E-state index in [2.05, 4.69) is 15.3 Å². The lowest BCUT2D eigenvalue weighted by molar-refractivity contribution is -0.137. The zero-order chi connectivity index (χ0) is 19.7. The smallest absolute Gasteiger partial charge is 0.289 e. The fourth-order valence-electron chi connectivity index (χ4n) is 3.90. The molecular weight excluding hydrogens is 376 g/mol. The van der Waals surface area contributed by atoms with Gasteiger partial charge in [0.1, 0.15) is 5.76 Å². The summed E-state index contributed by atoms with van der Waals surface area (Å²) >= 11 is 1.67. The largest absolute Gasteiger partial charge is 0.456 e. The number of nitrogens with zero attached hydrogens (tertiary/aromatic N) is 4. The van der Waals surface area contributed by atoms with E-state index >= 15 is 0 Å². The van der Waals surface area contributed by atoms with Crippen molar-refractivity contribution in [2.75, 3.05) is 44.2 Å². The molecule has 0 atom stereocenters. The number of anilines is 1. The molecule has 0 aliphatic carbocycles. The molecular formula is C20H26N4O3S. The number of hydrogen-bond donors (Lipinski definition) is 0. The summed E-state index contributed by atoms with van der Waals surface area (Å²) in [5, 5.41) is 3.13. The minimum Gasteiger partial charge on any atom is -0.456 e. The van der Waals surface area contributed by atoms with E-state index in [1.54, 1.807) is 28.4 Å². The number of aromatic nitrogens is 1. The van der Waals surface area contributed by atoms with E-state index < -0.39 is 0 Å². The summed E-state index contributed by atoms with van der Waals surface area (Å²) in [6.07, 6.45) is 1.73. The van der Waals surface area contributed by atoms with Crippen molar-refractivity contribution in [2.45, 2.75) is 26.7 Å². The number of rotatable bonds is 3. The molecule has 7 nitrogen and oxygen atoms in total. The number of carbonyl (C=O) groups excluding carboxylic acids is 2. The van der Waals surface area contributed by atoms with Gasteiger partial charge in [-0.15, -0.1) is 11.3 Å². The van der Waals surface area contributed by atoms with Crippen molar-refractivity contribution in [3.8, 4) is 0 Å². The average molecular weight is 403 g/mol. The highest BCUT2D eigenvalue weighted by atomic mass is 32.1. The lowest BCUT2D eigenvalue weighted by Gasteiger charge is -2.38. The Kier molecular flexibility index (Phi) is 5.39. The van der Waals surface area contributed by atoms with E-state index in [-0.39, 0.29) is 17.7 Å². The third-order valence-electron chi connectivity index (χ3n) is 5.55. The third kappa shape index (κ3) is 3.92. The van der Waals surface area contributed by atoms with Crippen molar-refractivity contribution in [1.29, 1.82) is 0 Å². The molecule has 28 heavy (non-hydrogen) atoms. The second kappa shape index (κ2) is 7.95. The first kappa shape index (κ1) is 19.0. The SMILES string of the molecule is Cc1csc(N2CCC(C(=O)N3CCN(C(=O)c4ccc(C)o4)CC3)CC2)n1. The van der Waals surface area contributed by atoms with Gasteiger partial charge in [-0.2, -0.15) is 0 Å². The molecule has 0 spiro atoms. The van der Waals surface area contributed by atoms with Gasteiger partial charge >= 0.3 is 0 Å². The Morgan fingerprint density at radius 3 is 2.29 bits per heavy atom. The Bertz CT molecular complexity index is 845. The molecule has 2 aliphatic heterocycles. The van der Waals surface area contributed by atoms with Crippen molar-refractivity contribution >= 4 is 28.3 Å². The van der Waals surface area contributed by atoms with Crippen LogP contribution in [0.3, 0.4) is 0 Å². The minimum absolute atomic E-state index is 0.0762. The molecule has 4 heterocycles. The van der Waals surface area contributed by atoms with Gasteiger partial charge in [0.25, 0.3) is 5.91 Å². The predicted molar refractivity (Wildman–Crippen MR) is 108 cm³/mol. The number of aryl methyl sites for hydroxylation is 2. The molecule has 0 N–H and O–H groups in total. The summed E-state index contributed by atoms with van der Waals surface area (Å²) < 4.78 is 5.44. The molecule has 0 saturated carbocycles. The fraction of sp³-hybridized carbons (Fsp3) is 0.550. The number of furan rings is 1. The standard InChI is InChI=1S/C20H26N4O3S/c1-14-13-28-20(21-14)24-7-5-16(6-8-24)18(25)22-9-11-23(12-10-22)19(26)17-4-3-15(2)27-17/h3-4,13,16H,5-12H2,1-2H3. The van der Waals surface area contributed by atoms with Gasteiger partial charge < -0.3 is 19.1 Å². The van der Waals surface area contributed by atoms with Gasteiger partial charge in [0.2, 0.25) is 5.91 Å². The lowest BCUT2D eigenvalue weighted by atomic mass is 9.95. The number of carbonyl (C=O) groups is 2. The second-order valence-corrected chi connectivity index (χ2v) is 8.40. The maximum atomic E-state index is 12.9. The van der Waals surface area contributed by atoms with Gasteiger partial charge in [-0.05, 0) is 38.8 Å². The van der Waals surface area contributed by atoms with Crippen LogP contribution in [0.25, 0.3) is 0 Å². The van der Waals surface area contributed by atoms with Crippen LogP contribution in [0.4, 0.5) is 5.13 Å². The zero-order valence-electron chi connectivity index (χ0n) is 16.4. The van der Waals surface area contributed by atoms with Crippen molar-refractivity contribution in [3.05, 3.63) is 34.7 Å². The maximum absolute atomic E-state index is 12.9. The van der Waals surface area contributed by atoms with Gasteiger partial charge in [-0.25, -0.2) is 4.98 Å². The first-order valence-electron chi connectivity index (χ1n) is 9.83. The van der Waals surface area contributed by atoms with Crippen LogP contribution >= 0.6 is 11.3 Å². The number of piperazine rings is 1. The van der Waals surface area contributed by atoms with Gasteiger partial charge in [-0.1, -0.05) is 0 Å². The Hall–Kier alpha value is -2.35. The Balaban J connectivity index is 1.27. The van der Waals surface area contributed by atoms with Crippen LogP contribution in [0.15, 0.2) is 21.9 Å². The van der Waals surface area contributed by atoms with Crippen LogP contribution < -0.4 is 4.90 Å². The van der Waals surface area contributed by atoms with Gasteiger partial charge in [0, 0.05) is 50.6 Å². The van der Waals surface area contributed by atoms with Gasteiger partial charge in [0.05, 0.1) is 5.69 Å². The summed E-state index contributed by atoms with van der Waals surface area (Å²) in [5.41, 5.74) is 1.05. The normalized spacial score (nSPS) is 18.6. The van der Waals surface area contributed by atoms with E-state index in [4.69, 9.17) is 4.42 Å². The summed E-state index contributed by atoms with van der Waals surface area (Å²) in [5.74, 6) is 1.33.